The molecule has 1 atom stereocenters. The molecule has 0 spiro atoms. The zero-order chi connectivity index (χ0) is 12.2. The van der Waals surface area contributed by atoms with Gasteiger partial charge in [-0.05, 0) is 6.07 Å². The van der Waals surface area contributed by atoms with Crippen molar-refractivity contribution >= 4 is 0 Å². The van der Waals surface area contributed by atoms with Crippen molar-refractivity contribution in [1.82, 2.24) is 0 Å². The second-order valence-electron chi connectivity index (χ2n) is 3.24. The summed E-state index contributed by atoms with van der Waals surface area (Å²) in [7, 11) is 0. The Morgan fingerprint density at radius 2 is 2.12 bits per heavy atom. The Morgan fingerprint density at radius 1 is 1.44 bits per heavy atom. The zero-order valence-corrected chi connectivity index (χ0v) is 8.21. The molecule has 16 heavy (non-hydrogen) atoms. The van der Waals surface area contributed by atoms with E-state index in [9.17, 15) is 17.6 Å². The van der Waals surface area contributed by atoms with Gasteiger partial charge in [-0.15, -0.1) is 0 Å². The van der Waals surface area contributed by atoms with E-state index in [0.29, 0.717) is 5.56 Å². The van der Waals surface area contributed by atoms with Crippen molar-refractivity contribution in [1.29, 1.82) is 0 Å². The van der Waals surface area contributed by atoms with Crippen LogP contribution in [0.15, 0.2) is 23.0 Å². The normalized spacial score (nSPS) is 14.4. The van der Waals surface area contributed by atoms with Gasteiger partial charge < -0.3 is 14.9 Å². The van der Waals surface area contributed by atoms with E-state index in [1.165, 1.54) is 12.5 Å². The van der Waals surface area contributed by atoms with Crippen LogP contribution in [0.2, 0.25) is 0 Å². The van der Waals surface area contributed by atoms with Gasteiger partial charge in [0.05, 0.1) is 25.2 Å². The molecule has 0 fully saturated rings. The Morgan fingerprint density at radius 3 is 2.62 bits per heavy atom. The maximum atomic E-state index is 12.4. The molecule has 1 rings (SSSR count). The topological polar surface area (TPSA) is 48.4 Å². The van der Waals surface area contributed by atoms with E-state index in [-0.39, 0.29) is 6.61 Å². The maximum Gasteiger partial charge on any atom is 0.330 e. The highest BCUT2D eigenvalue weighted by Crippen LogP contribution is 2.23. The molecule has 0 radical (unpaired) electrons. The molecule has 0 amide bonds. The Balaban J connectivity index is 2.31. The fourth-order valence-electron chi connectivity index (χ4n) is 0.967. The van der Waals surface area contributed by atoms with Crippen LogP contribution in [0.4, 0.5) is 17.6 Å². The third-order valence-electron chi connectivity index (χ3n) is 1.88. The first-order chi connectivity index (χ1) is 7.43. The minimum Gasteiger partial charge on any atom is -0.472 e. The van der Waals surface area contributed by atoms with Crippen molar-refractivity contribution < 1.29 is 26.7 Å². The van der Waals surface area contributed by atoms with Crippen LogP contribution in [0.25, 0.3) is 0 Å². The fraction of sp³-hybridized carbons (Fsp3) is 0.556. The number of ether oxygens (including phenoxy) is 1. The summed E-state index contributed by atoms with van der Waals surface area (Å²) in [5.41, 5.74) is 6.08. The highest BCUT2D eigenvalue weighted by atomic mass is 19.3. The molecule has 0 aliphatic rings. The van der Waals surface area contributed by atoms with Crippen LogP contribution in [0.3, 0.4) is 0 Å². The van der Waals surface area contributed by atoms with E-state index in [2.05, 4.69) is 4.74 Å². The van der Waals surface area contributed by atoms with Gasteiger partial charge in [-0.2, -0.15) is 8.78 Å². The third-order valence-corrected chi connectivity index (χ3v) is 1.88. The lowest BCUT2D eigenvalue weighted by Crippen LogP contribution is -2.33. The van der Waals surface area contributed by atoms with E-state index in [4.69, 9.17) is 10.2 Å². The van der Waals surface area contributed by atoms with E-state index in [1.54, 1.807) is 6.07 Å². The summed E-state index contributed by atoms with van der Waals surface area (Å²) < 4.78 is 57.4. The minimum absolute atomic E-state index is 0.276. The van der Waals surface area contributed by atoms with Crippen LogP contribution in [0, 0.1) is 0 Å². The third kappa shape index (κ3) is 3.49. The van der Waals surface area contributed by atoms with Crippen LogP contribution in [-0.2, 0) is 4.74 Å². The van der Waals surface area contributed by atoms with Crippen LogP contribution in [0.1, 0.15) is 11.6 Å². The first-order valence-corrected chi connectivity index (χ1v) is 4.45. The van der Waals surface area contributed by atoms with Gasteiger partial charge in [0.15, 0.2) is 0 Å². The van der Waals surface area contributed by atoms with Gasteiger partial charge in [0, 0.05) is 5.56 Å². The first-order valence-electron chi connectivity index (χ1n) is 4.45. The standard InChI is InChI=1S/C9H11F4NO2/c10-8(11)9(12,13)5-16-4-7(14)6-1-2-15-3-6/h1-3,7-8H,4-5,14H2. The van der Waals surface area contributed by atoms with Gasteiger partial charge in [-0.25, -0.2) is 8.78 Å². The number of furan rings is 1. The van der Waals surface area contributed by atoms with Crippen molar-refractivity contribution in [2.75, 3.05) is 13.2 Å². The molecule has 3 nitrogen and oxygen atoms in total. The van der Waals surface area contributed by atoms with Gasteiger partial charge in [-0.3, -0.25) is 0 Å². The van der Waals surface area contributed by atoms with Gasteiger partial charge in [0.25, 0.3) is 0 Å². The minimum atomic E-state index is -4.14. The van der Waals surface area contributed by atoms with Crippen LogP contribution in [-0.4, -0.2) is 25.6 Å². The molecule has 0 saturated carbocycles. The van der Waals surface area contributed by atoms with Gasteiger partial charge in [0.2, 0.25) is 0 Å². The maximum absolute atomic E-state index is 12.4. The van der Waals surface area contributed by atoms with Crippen LogP contribution >= 0.6 is 0 Å². The SMILES string of the molecule is NC(COCC(F)(F)C(F)F)c1ccoc1. The molecule has 1 heterocycles. The predicted molar refractivity (Wildman–Crippen MR) is 47.4 cm³/mol. The molecule has 2 N–H and O–H groups in total. The van der Waals surface area contributed by atoms with E-state index >= 15 is 0 Å². The summed E-state index contributed by atoms with van der Waals surface area (Å²) in [6, 6.07) is 0.867. The predicted octanol–water partition coefficient (Wildman–Crippen LogP) is 2.20. The highest BCUT2D eigenvalue weighted by molar-refractivity contribution is 5.10. The fourth-order valence-corrected chi connectivity index (χ4v) is 0.967. The molecule has 1 aromatic heterocycles. The number of hydrogen-bond acceptors (Lipinski definition) is 3. The molecular formula is C9H11F4NO2. The average molecular weight is 241 g/mol. The average Bonchev–Trinajstić information content (AvgIpc) is 2.69. The number of nitrogens with two attached hydrogens (primary N) is 1. The van der Waals surface area contributed by atoms with Gasteiger partial charge >= 0.3 is 12.3 Å². The Kier molecular flexibility index (Phi) is 4.31. The van der Waals surface area contributed by atoms with E-state index in [0.717, 1.165) is 0 Å². The lowest BCUT2D eigenvalue weighted by Gasteiger charge is -2.16. The number of hydrogen-bond donors (Lipinski definition) is 1. The Bertz CT molecular complexity index is 302. The lowest BCUT2D eigenvalue weighted by atomic mass is 10.2. The quantitative estimate of drug-likeness (QED) is 0.776. The first kappa shape index (κ1) is 13.0. The van der Waals surface area contributed by atoms with Crippen molar-refractivity contribution in [3.63, 3.8) is 0 Å². The molecule has 92 valence electrons. The second kappa shape index (κ2) is 5.31. The number of alkyl halides is 4. The van der Waals surface area contributed by atoms with E-state index < -0.39 is 25.0 Å². The van der Waals surface area contributed by atoms with Gasteiger partial charge in [0.1, 0.15) is 6.61 Å². The van der Waals surface area contributed by atoms with Crippen LogP contribution in [0.5, 0.6) is 0 Å². The highest BCUT2D eigenvalue weighted by Gasteiger charge is 2.41. The number of rotatable bonds is 6. The molecule has 0 bridgehead atoms. The molecule has 0 saturated heterocycles. The Hall–Kier alpha value is -1.08. The summed E-state index contributed by atoms with van der Waals surface area (Å²) in [4.78, 5) is 0. The monoisotopic (exact) mass is 241 g/mol. The summed E-state index contributed by atoms with van der Waals surface area (Å²) in [5, 5.41) is 0. The van der Waals surface area contributed by atoms with Crippen molar-refractivity contribution in [2.24, 2.45) is 5.73 Å². The molecule has 1 unspecified atom stereocenters. The summed E-state index contributed by atoms with van der Waals surface area (Å²) in [6.07, 6.45) is -1.04. The molecule has 7 heteroatoms. The molecule has 0 aliphatic heterocycles. The molecular weight excluding hydrogens is 230 g/mol. The number of halogens is 4. The van der Waals surface area contributed by atoms with Gasteiger partial charge in [-0.1, -0.05) is 0 Å². The smallest absolute Gasteiger partial charge is 0.330 e. The van der Waals surface area contributed by atoms with Crippen molar-refractivity contribution in [2.45, 2.75) is 18.4 Å². The lowest BCUT2D eigenvalue weighted by molar-refractivity contribution is -0.166. The van der Waals surface area contributed by atoms with Crippen molar-refractivity contribution in [3.05, 3.63) is 24.2 Å². The molecule has 0 aromatic carbocycles. The summed E-state index contributed by atoms with van der Waals surface area (Å²) in [6.45, 7) is -1.63. The molecule has 1 aromatic rings. The largest absolute Gasteiger partial charge is 0.472 e. The van der Waals surface area contributed by atoms with E-state index in [1.807, 2.05) is 0 Å². The second-order valence-corrected chi connectivity index (χ2v) is 3.24. The van der Waals surface area contributed by atoms with Crippen molar-refractivity contribution in [3.8, 4) is 0 Å². The van der Waals surface area contributed by atoms with Crippen LogP contribution < -0.4 is 5.73 Å². The molecule has 0 aliphatic carbocycles. The summed E-state index contributed by atoms with van der Waals surface area (Å²) in [5.74, 6) is -4.14. The Labute approximate surface area is 89.2 Å². The zero-order valence-electron chi connectivity index (χ0n) is 8.21. The summed E-state index contributed by atoms with van der Waals surface area (Å²) >= 11 is 0.